The molecule has 0 aliphatic rings. The first-order valence-corrected chi connectivity index (χ1v) is 9.55. The molecule has 7 nitrogen and oxygen atoms in total. The largest absolute Gasteiger partial charge is 0.370 e. The van der Waals surface area contributed by atoms with E-state index in [1.165, 1.54) is 0 Å². The number of benzene rings is 2. The van der Waals surface area contributed by atoms with Crippen LogP contribution in [0.1, 0.15) is 21.5 Å². The number of hydrogen-bond donors (Lipinski definition) is 4. The van der Waals surface area contributed by atoms with Crippen molar-refractivity contribution in [2.75, 3.05) is 5.32 Å². The van der Waals surface area contributed by atoms with Gasteiger partial charge >= 0.3 is 0 Å². The summed E-state index contributed by atoms with van der Waals surface area (Å²) in [5.41, 5.74) is 9.81. The van der Waals surface area contributed by atoms with Crippen LogP contribution < -0.4 is 11.1 Å². The van der Waals surface area contributed by atoms with E-state index in [-0.39, 0.29) is 11.9 Å². The molecule has 0 radical (unpaired) electrons. The van der Waals surface area contributed by atoms with E-state index in [0.717, 1.165) is 22.2 Å². The lowest BCUT2D eigenvalue weighted by molar-refractivity contribution is 0.102. The molecule has 30 heavy (non-hydrogen) atoms. The van der Waals surface area contributed by atoms with E-state index in [1.807, 2.05) is 48.5 Å². The highest BCUT2D eigenvalue weighted by Gasteiger charge is 2.12. The maximum atomic E-state index is 12.7. The molecular weight excluding hydrogens is 376 g/mol. The van der Waals surface area contributed by atoms with Gasteiger partial charge < -0.3 is 20.9 Å². The second-order valence-corrected chi connectivity index (χ2v) is 6.98. The highest BCUT2D eigenvalue weighted by Crippen LogP contribution is 2.21. The first-order chi connectivity index (χ1) is 14.6. The van der Waals surface area contributed by atoms with Gasteiger partial charge in [0.05, 0.1) is 5.69 Å². The third-order valence-electron chi connectivity index (χ3n) is 4.85. The molecule has 0 aliphatic heterocycles. The minimum Gasteiger partial charge on any atom is -0.370 e. The fourth-order valence-corrected chi connectivity index (χ4v) is 3.28. The van der Waals surface area contributed by atoms with Gasteiger partial charge in [-0.2, -0.15) is 0 Å². The number of aromatic nitrogens is 2. The fourth-order valence-electron chi connectivity index (χ4n) is 3.28. The van der Waals surface area contributed by atoms with E-state index in [2.05, 4.69) is 15.3 Å². The summed E-state index contributed by atoms with van der Waals surface area (Å²) >= 11 is 0. The Labute approximate surface area is 174 Å². The molecule has 0 saturated carbocycles. The SMILES string of the molecule is N=C(N)N(Cc1ccccc1)Cc1ccc(C(=O)Nc2ccnc3[nH]ccc23)cc1. The second-order valence-electron chi connectivity index (χ2n) is 6.98. The summed E-state index contributed by atoms with van der Waals surface area (Å²) in [4.78, 5) is 21.7. The van der Waals surface area contributed by atoms with E-state index in [4.69, 9.17) is 11.1 Å². The van der Waals surface area contributed by atoms with Gasteiger partial charge in [0.25, 0.3) is 5.91 Å². The van der Waals surface area contributed by atoms with Crippen molar-refractivity contribution in [2.24, 2.45) is 5.73 Å². The summed E-state index contributed by atoms with van der Waals surface area (Å²) in [5.74, 6) is -0.183. The zero-order valence-electron chi connectivity index (χ0n) is 16.3. The van der Waals surface area contributed by atoms with Gasteiger partial charge in [0, 0.05) is 36.4 Å². The number of nitrogens with two attached hydrogens (primary N) is 1. The minimum atomic E-state index is -0.192. The Kier molecular flexibility index (Phi) is 5.43. The predicted octanol–water partition coefficient (Wildman–Crippen LogP) is 3.71. The maximum Gasteiger partial charge on any atom is 0.255 e. The molecule has 0 unspecified atom stereocenters. The lowest BCUT2D eigenvalue weighted by Crippen LogP contribution is -2.35. The Bertz CT molecular complexity index is 1170. The number of carbonyl (C=O) groups excluding carboxylic acids is 1. The molecular formula is C23H22N6O. The number of guanidine groups is 1. The number of hydrogen-bond acceptors (Lipinski definition) is 3. The van der Waals surface area contributed by atoms with Gasteiger partial charge in [0.15, 0.2) is 5.96 Å². The fraction of sp³-hybridized carbons (Fsp3) is 0.0870. The maximum absolute atomic E-state index is 12.7. The number of aromatic amines is 1. The molecule has 0 bridgehead atoms. The topological polar surface area (TPSA) is 111 Å². The zero-order valence-corrected chi connectivity index (χ0v) is 16.3. The van der Waals surface area contributed by atoms with Crippen molar-refractivity contribution in [1.82, 2.24) is 14.9 Å². The molecule has 0 saturated heterocycles. The molecule has 0 spiro atoms. The lowest BCUT2D eigenvalue weighted by Gasteiger charge is -2.23. The van der Waals surface area contributed by atoms with Crippen LogP contribution in [0.15, 0.2) is 79.1 Å². The van der Waals surface area contributed by atoms with Crippen molar-refractivity contribution in [2.45, 2.75) is 13.1 Å². The number of rotatable bonds is 6. The van der Waals surface area contributed by atoms with Gasteiger partial charge in [-0.05, 0) is 35.4 Å². The van der Waals surface area contributed by atoms with Crippen LogP contribution in [0.2, 0.25) is 0 Å². The van der Waals surface area contributed by atoms with E-state index in [0.29, 0.717) is 24.3 Å². The summed E-state index contributed by atoms with van der Waals surface area (Å²) in [5, 5.41) is 11.7. The summed E-state index contributed by atoms with van der Waals surface area (Å²) < 4.78 is 0. The third kappa shape index (κ3) is 4.30. The standard InChI is InChI=1S/C23H22N6O/c24-23(25)29(14-16-4-2-1-3-5-16)15-17-6-8-18(9-7-17)22(30)28-20-11-13-27-21-19(20)10-12-26-21/h1-13H,14-15H2,(H3,24,25)(H2,26,27,28,30). The van der Waals surface area contributed by atoms with Crippen LogP contribution in [0.5, 0.6) is 0 Å². The number of anilines is 1. The van der Waals surface area contributed by atoms with E-state index >= 15 is 0 Å². The van der Waals surface area contributed by atoms with Crippen molar-refractivity contribution in [1.29, 1.82) is 5.41 Å². The second kappa shape index (κ2) is 8.48. The van der Waals surface area contributed by atoms with Crippen LogP contribution >= 0.6 is 0 Å². The normalized spacial score (nSPS) is 10.7. The molecule has 2 aromatic heterocycles. The van der Waals surface area contributed by atoms with E-state index in [1.54, 1.807) is 35.5 Å². The van der Waals surface area contributed by atoms with Gasteiger partial charge in [-0.25, -0.2) is 4.98 Å². The van der Waals surface area contributed by atoms with Gasteiger partial charge in [-0.15, -0.1) is 0 Å². The zero-order chi connectivity index (χ0) is 20.9. The average molecular weight is 398 g/mol. The van der Waals surface area contributed by atoms with Gasteiger partial charge in [0.1, 0.15) is 5.65 Å². The Balaban J connectivity index is 1.44. The third-order valence-corrected chi connectivity index (χ3v) is 4.85. The van der Waals surface area contributed by atoms with Crippen molar-refractivity contribution in [3.05, 3.63) is 95.8 Å². The number of carbonyl (C=O) groups is 1. The molecule has 7 heteroatoms. The summed E-state index contributed by atoms with van der Waals surface area (Å²) in [7, 11) is 0. The molecule has 0 fully saturated rings. The molecule has 4 aromatic rings. The quantitative estimate of drug-likeness (QED) is 0.293. The van der Waals surface area contributed by atoms with Crippen molar-refractivity contribution >= 4 is 28.6 Å². The molecule has 2 aromatic carbocycles. The van der Waals surface area contributed by atoms with Crippen LogP contribution in [-0.2, 0) is 13.1 Å². The molecule has 4 rings (SSSR count). The van der Waals surface area contributed by atoms with Gasteiger partial charge in [0.2, 0.25) is 0 Å². The minimum absolute atomic E-state index is 0.00822. The number of H-pyrrole nitrogens is 1. The summed E-state index contributed by atoms with van der Waals surface area (Å²) in [6.07, 6.45) is 3.44. The van der Waals surface area contributed by atoms with Crippen LogP contribution in [0.4, 0.5) is 5.69 Å². The highest BCUT2D eigenvalue weighted by molar-refractivity contribution is 6.08. The molecule has 0 atom stereocenters. The Hall–Kier alpha value is -4.13. The smallest absolute Gasteiger partial charge is 0.255 e. The molecule has 150 valence electrons. The molecule has 5 N–H and O–H groups in total. The average Bonchev–Trinajstić information content (AvgIpc) is 3.24. The number of nitrogens with zero attached hydrogens (tertiary/aromatic N) is 2. The van der Waals surface area contributed by atoms with Crippen molar-refractivity contribution in [3.8, 4) is 0 Å². The molecule has 2 heterocycles. The number of pyridine rings is 1. The van der Waals surface area contributed by atoms with Gasteiger partial charge in [-0.3, -0.25) is 10.2 Å². The number of amides is 1. The van der Waals surface area contributed by atoms with Crippen molar-refractivity contribution < 1.29 is 4.79 Å². The Morgan fingerprint density at radius 2 is 1.70 bits per heavy atom. The van der Waals surface area contributed by atoms with Crippen LogP contribution in [-0.4, -0.2) is 26.7 Å². The summed E-state index contributed by atoms with van der Waals surface area (Å²) in [6.45, 7) is 1.04. The first-order valence-electron chi connectivity index (χ1n) is 9.55. The summed E-state index contributed by atoms with van der Waals surface area (Å²) in [6, 6.07) is 20.9. The van der Waals surface area contributed by atoms with Crippen LogP contribution in [0.25, 0.3) is 11.0 Å². The number of nitrogens with one attached hydrogen (secondary N) is 3. The van der Waals surface area contributed by atoms with Crippen LogP contribution in [0, 0.1) is 5.41 Å². The Morgan fingerprint density at radius 1 is 1.00 bits per heavy atom. The van der Waals surface area contributed by atoms with Crippen molar-refractivity contribution in [3.63, 3.8) is 0 Å². The van der Waals surface area contributed by atoms with E-state index in [9.17, 15) is 4.79 Å². The predicted molar refractivity (Wildman–Crippen MR) is 118 cm³/mol. The van der Waals surface area contributed by atoms with Crippen LogP contribution in [0.3, 0.4) is 0 Å². The Morgan fingerprint density at radius 3 is 2.40 bits per heavy atom. The number of fused-ring (bicyclic) bond motifs is 1. The highest BCUT2D eigenvalue weighted by atomic mass is 16.1. The lowest BCUT2D eigenvalue weighted by atomic mass is 10.1. The first kappa shape index (κ1) is 19.2. The van der Waals surface area contributed by atoms with E-state index < -0.39 is 0 Å². The van der Waals surface area contributed by atoms with Gasteiger partial charge in [-0.1, -0.05) is 42.5 Å². The monoisotopic (exact) mass is 398 g/mol. The molecule has 1 amide bonds. The molecule has 0 aliphatic carbocycles.